The number of anilines is 1. The third kappa shape index (κ3) is 4.79. The van der Waals surface area contributed by atoms with E-state index in [2.05, 4.69) is 5.32 Å². The van der Waals surface area contributed by atoms with E-state index in [1.54, 1.807) is 4.90 Å². The zero-order valence-electron chi connectivity index (χ0n) is 17.7. The highest BCUT2D eigenvalue weighted by atomic mass is 19.1. The molecule has 3 amide bonds. The number of nitrogens with one attached hydrogen (secondary N) is 1. The van der Waals surface area contributed by atoms with Crippen LogP contribution in [0.4, 0.5) is 14.5 Å². The molecule has 0 aliphatic carbocycles. The third-order valence-electron chi connectivity index (χ3n) is 6.10. The van der Waals surface area contributed by atoms with Crippen molar-refractivity contribution in [2.24, 2.45) is 5.92 Å². The molecule has 32 heavy (non-hydrogen) atoms. The lowest BCUT2D eigenvalue weighted by molar-refractivity contribution is -0.126. The van der Waals surface area contributed by atoms with Crippen LogP contribution in [0.5, 0.6) is 0 Å². The lowest BCUT2D eigenvalue weighted by Crippen LogP contribution is -2.43. The van der Waals surface area contributed by atoms with Gasteiger partial charge in [0.15, 0.2) is 0 Å². The summed E-state index contributed by atoms with van der Waals surface area (Å²) >= 11 is 0. The third-order valence-corrected chi connectivity index (χ3v) is 6.10. The summed E-state index contributed by atoms with van der Waals surface area (Å²) in [5, 5.41) is 2.93. The van der Waals surface area contributed by atoms with E-state index in [0.717, 1.165) is 36.3 Å². The van der Waals surface area contributed by atoms with Crippen LogP contribution in [0.1, 0.15) is 41.6 Å². The van der Waals surface area contributed by atoms with Gasteiger partial charge in [-0.15, -0.1) is 0 Å². The maximum absolute atomic E-state index is 13.9. The number of nitrogens with zero attached hydrogens (tertiary/aromatic N) is 2. The van der Waals surface area contributed by atoms with E-state index < -0.39 is 17.5 Å². The van der Waals surface area contributed by atoms with Crippen LogP contribution in [0.25, 0.3) is 0 Å². The molecule has 2 fully saturated rings. The summed E-state index contributed by atoms with van der Waals surface area (Å²) in [6.07, 6.45) is 2.42. The van der Waals surface area contributed by atoms with E-state index in [1.165, 1.54) is 4.90 Å². The number of piperidine rings is 1. The number of halogens is 2. The zero-order chi connectivity index (χ0) is 22.7. The standard InChI is InChI=1S/C24H25F2N3O3/c25-18-5-8-20(21(26)14-18)24(32)28-12-9-17(10-13-28)23(31)27-15-16-3-6-19(7-4-16)29-11-1-2-22(29)30/h3-8,14,17H,1-2,9-13,15H2,(H,27,31). The Morgan fingerprint density at radius 1 is 1.00 bits per heavy atom. The molecule has 8 heteroatoms. The predicted octanol–water partition coefficient (Wildman–Crippen LogP) is 3.26. The molecule has 2 aliphatic rings. The molecule has 0 unspecified atom stereocenters. The number of benzene rings is 2. The topological polar surface area (TPSA) is 69.7 Å². The van der Waals surface area contributed by atoms with Crippen molar-refractivity contribution in [2.75, 3.05) is 24.5 Å². The fraction of sp³-hybridized carbons (Fsp3) is 0.375. The Morgan fingerprint density at radius 2 is 1.72 bits per heavy atom. The van der Waals surface area contributed by atoms with Crippen molar-refractivity contribution in [1.82, 2.24) is 10.2 Å². The van der Waals surface area contributed by atoms with Gasteiger partial charge < -0.3 is 15.1 Å². The Labute approximate surface area is 185 Å². The van der Waals surface area contributed by atoms with Gasteiger partial charge in [-0.1, -0.05) is 12.1 Å². The highest BCUT2D eigenvalue weighted by Gasteiger charge is 2.29. The van der Waals surface area contributed by atoms with Gasteiger partial charge in [-0.3, -0.25) is 14.4 Å². The number of hydrogen-bond acceptors (Lipinski definition) is 3. The molecule has 0 radical (unpaired) electrons. The second-order valence-corrected chi connectivity index (χ2v) is 8.22. The van der Waals surface area contributed by atoms with E-state index in [4.69, 9.17) is 0 Å². The normalized spacial score (nSPS) is 17.0. The molecular weight excluding hydrogens is 416 g/mol. The molecule has 0 atom stereocenters. The minimum Gasteiger partial charge on any atom is -0.352 e. The van der Waals surface area contributed by atoms with Crippen molar-refractivity contribution in [3.8, 4) is 0 Å². The lowest BCUT2D eigenvalue weighted by atomic mass is 9.95. The fourth-order valence-corrected chi connectivity index (χ4v) is 4.23. The van der Waals surface area contributed by atoms with Crippen molar-refractivity contribution in [3.05, 3.63) is 65.2 Å². The van der Waals surface area contributed by atoms with Gasteiger partial charge in [0.25, 0.3) is 5.91 Å². The molecule has 2 aromatic carbocycles. The van der Waals surface area contributed by atoms with Crippen LogP contribution >= 0.6 is 0 Å². The van der Waals surface area contributed by atoms with Crippen LogP contribution in [-0.2, 0) is 16.1 Å². The number of carbonyl (C=O) groups excluding carboxylic acids is 3. The lowest BCUT2D eigenvalue weighted by Gasteiger charge is -2.31. The van der Waals surface area contributed by atoms with Gasteiger partial charge in [0.2, 0.25) is 11.8 Å². The van der Waals surface area contributed by atoms with E-state index in [1.807, 2.05) is 24.3 Å². The summed E-state index contributed by atoms with van der Waals surface area (Å²) in [7, 11) is 0. The van der Waals surface area contributed by atoms with Crippen LogP contribution in [-0.4, -0.2) is 42.3 Å². The number of rotatable bonds is 5. The van der Waals surface area contributed by atoms with Crippen LogP contribution < -0.4 is 10.2 Å². The number of carbonyl (C=O) groups is 3. The first-order valence-corrected chi connectivity index (χ1v) is 10.8. The van der Waals surface area contributed by atoms with Crippen molar-refractivity contribution in [1.29, 1.82) is 0 Å². The minimum absolute atomic E-state index is 0.0798. The second-order valence-electron chi connectivity index (χ2n) is 8.22. The largest absolute Gasteiger partial charge is 0.352 e. The summed E-state index contributed by atoms with van der Waals surface area (Å²) in [6, 6.07) is 10.5. The molecule has 1 N–H and O–H groups in total. The molecule has 2 aromatic rings. The Balaban J connectivity index is 1.25. The molecule has 2 saturated heterocycles. The zero-order valence-corrected chi connectivity index (χ0v) is 17.7. The Kier molecular flexibility index (Phi) is 6.48. The predicted molar refractivity (Wildman–Crippen MR) is 115 cm³/mol. The van der Waals surface area contributed by atoms with Gasteiger partial charge in [0.1, 0.15) is 11.6 Å². The Bertz CT molecular complexity index is 1020. The van der Waals surface area contributed by atoms with Crippen LogP contribution in [0.3, 0.4) is 0 Å². The van der Waals surface area contributed by atoms with Gasteiger partial charge in [0.05, 0.1) is 5.56 Å². The van der Waals surface area contributed by atoms with E-state index in [9.17, 15) is 23.2 Å². The Morgan fingerprint density at radius 3 is 2.34 bits per heavy atom. The second kappa shape index (κ2) is 9.46. The van der Waals surface area contributed by atoms with Gasteiger partial charge in [-0.25, -0.2) is 8.78 Å². The smallest absolute Gasteiger partial charge is 0.256 e. The SMILES string of the molecule is O=C(NCc1ccc(N2CCCC2=O)cc1)C1CCN(C(=O)c2ccc(F)cc2F)CC1. The maximum Gasteiger partial charge on any atom is 0.256 e. The first-order chi connectivity index (χ1) is 15.4. The Hall–Kier alpha value is -3.29. The summed E-state index contributed by atoms with van der Waals surface area (Å²) in [5.41, 5.74) is 1.65. The minimum atomic E-state index is -0.880. The fourth-order valence-electron chi connectivity index (χ4n) is 4.23. The summed E-state index contributed by atoms with van der Waals surface area (Å²) in [5.74, 6) is -2.26. The monoisotopic (exact) mass is 441 g/mol. The van der Waals surface area contributed by atoms with Crippen LogP contribution in [0, 0.1) is 17.6 Å². The average Bonchev–Trinajstić information content (AvgIpc) is 3.23. The van der Waals surface area contributed by atoms with E-state index >= 15 is 0 Å². The van der Waals surface area contributed by atoms with Crippen LogP contribution in [0.2, 0.25) is 0 Å². The van der Waals surface area contributed by atoms with E-state index in [0.29, 0.717) is 45.0 Å². The average molecular weight is 441 g/mol. The van der Waals surface area contributed by atoms with Crippen molar-refractivity contribution in [3.63, 3.8) is 0 Å². The molecule has 2 aliphatic heterocycles. The first kappa shape index (κ1) is 21.9. The summed E-state index contributed by atoms with van der Waals surface area (Å²) < 4.78 is 27.0. The van der Waals surface area contributed by atoms with Crippen molar-refractivity contribution < 1.29 is 23.2 Å². The van der Waals surface area contributed by atoms with Gasteiger partial charge >= 0.3 is 0 Å². The molecule has 0 saturated carbocycles. The molecule has 0 aromatic heterocycles. The highest BCUT2D eigenvalue weighted by Crippen LogP contribution is 2.23. The van der Waals surface area contributed by atoms with Gasteiger partial charge in [-0.05, 0) is 49.1 Å². The highest BCUT2D eigenvalue weighted by molar-refractivity contribution is 5.95. The van der Waals surface area contributed by atoms with Gasteiger partial charge in [0, 0.05) is 50.3 Å². The molecular formula is C24H25F2N3O3. The molecule has 168 valence electrons. The quantitative estimate of drug-likeness (QED) is 0.775. The van der Waals surface area contributed by atoms with Crippen LogP contribution in [0.15, 0.2) is 42.5 Å². The van der Waals surface area contributed by atoms with Crippen molar-refractivity contribution in [2.45, 2.75) is 32.2 Å². The molecule has 6 nitrogen and oxygen atoms in total. The molecule has 4 rings (SSSR count). The maximum atomic E-state index is 13.9. The number of hydrogen-bond donors (Lipinski definition) is 1. The van der Waals surface area contributed by atoms with Gasteiger partial charge in [-0.2, -0.15) is 0 Å². The summed E-state index contributed by atoms with van der Waals surface area (Å²) in [4.78, 5) is 40.2. The number of amides is 3. The molecule has 2 heterocycles. The first-order valence-electron chi connectivity index (χ1n) is 10.8. The van der Waals surface area contributed by atoms with Crippen molar-refractivity contribution >= 4 is 23.4 Å². The van der Waals surface area contributed by atoms with E-state index in [-0.39, 0.29) is 23.3 Å². The summed E-state index contributed by atoms with van der Waals surface area (Å²) in [6.45, 7) is 1.80. The molecule has 0 spiro atoms. The number of likely N-dealkylation sites (tertiary alicyclic amines) is 1. The molecule has 0 bridgehead atoms.